The van der Waals surface area contributed by atoms with Gasteiger partial charge in [0.25, 0.3) is 0 Å². The topological polar surface area (TPSA) is 25.4 Å². The third-order valence-corrected chi connectivity index (χ3v) is 3.16. The summed E-state index contributed by atoms with van der Waals surface area (Å²) in [6.45, 7) is 8.03. The van der Waals surface area contributed by atoms with Crippen LogP contribution in [0.25, 0.3) is 0 Å². The molecule has 0 spiro atoms. The smallest absolute Gasteiger partial charge is 0.0619 e. The fourth-order valence-corrected chi connectivity index (χ4v) is 2.04. The fourth-order valence-electron chi connectivity index (χ4n) is 2.04. The molecular weight excluding hydrogens is 200 g/mol. The highest BCUT2D eigenvalue weighted by molar-refractivity contribution is 5.16. The first-order valence-electron chi connectivity index (χ1n) is 6.05. The molecule has 0 saturated carbocycles. The van der Waals surface area contributed by atoms with Gasteiger partial charge < -0.3 is 4.74 Å². The normalized spacial score (nSPS) is 22.2. The molecule has 1 fully saturated rings. The molecule has 0 aromatic carbocycles. The monoisotopic (exact) mass is 220 g/mol. The van der Waals surface area contributed by atoms with Crippen molar-refractivity contribution in [2.75, 3.05) is 19.8 Å². The van der Waals surface area contributed by atoms with Crippen molar-refractivity contribution in [1.82, 2.24) is 9.88 Å². The van der Waals surface area contributed by atoms with Crippen LogP contribution in [0.15, 0.2) is 18.3 Å². The molecule has 0 unspecified atom stereocenters. The standard InChI is InChI=1S/C13H20N2O/c1-3-12-4-5-14-13(8-12)9-15-6-7-16-10-11(15)2/h4-5,8,11H,3,6-7,9-10H2,1-2H3/t11-/m0/s1. The Balaban J connectivity index is 2.01. The minimum Gasteiger partial charge on any atom is -0.379 e. The number of hydrogen-bond donors (Lipinski definition) is 0. The van der Waals surface area contributed by atoms with Gasteiger partial charge in [0, 0.05) is 25.3 Å². The summed E-state index contributed by atoms with van der Waals surface area (Å²) in [5.74, 6) is 0. The number of morpholine rings is 1. The van der Waals surface area contributed by atoms with E-state index < -0.39 is 0 Å². The molecular formula is C13H20N2O. The number of aromatic nitrogens is 1. The molecule has 1 aliphatic heterocycles. The van der Waals surface area contributed by atoms with Crippen molar-refractivity contribution in [2.45, 2.75) is 32.9 Å². The van der Waals surface area contributed by atoms with E-state index in [2.05, 4.69) is 35.9 Å². The fraction of sp³-hybridized carbons (Fsp3) is 0.615. The van der Waals surface area contributed by atoms with Gasteiger partial charge in [0.15, 0.2) is 0 Å². The Kier molecular flexibility index (Phi) is 3.91. The van der Waals surface area contributed by atoms with E-state index >= 15 is 0 Å². The van der Waals surface area contributed by atoms with Gasteiger partial charge in [-0.2, -0.15) is 0 Å². The molecule has 16 heavy (non-hydrogen) atoms. The number of ether oxygens (including phenoxy) is 1. The van der Waals surface area contributed by atoms with Gasteiger partial charge in [-0.15, -0.1) is 0 Å². The highest BCUT2D eigenvalue weighted by Gasteiger charge is 2.18. The van der Waals surface area contributed by atoms with Gasteiger partial charge in [-0.25, -0.2) is 0 Å². The predicted molar refractivity (Wildman–Crippen MR) is 64.3 cm³/mol. The van der Waals surface area contributed by atoms with Crippen molar-refractivity contribution in [1.29, 1.82) is 0 Å². The number of rotatable bonds is 3. The van der Waals surface area contributed by atoms with Crippen LogP contribution in [0.4, 0.5) is 0 Å². The van der Waals surface area contributed by atoms with E-state index in [1.807, 2.05) is 6.20 Å². The van der Waals surface area contributed by atoms with Crippen LogP contribution >= 0.6 is 0 Å². The molecule has 1 saturated heterocycles. The van der Waals surface area contributed by atoms with Gasteiger partial charge in [-0.1, -0.05) is 6.92 Å². The molecule has 2 heterocycles. The number of hydrogen-bond acceptors (Lipinski definition) is 3. The molecule has 1 aromatic heterocycles. The molecule has 0 amide bonds. The van der Waals surface area contributed by atoms with E-state index in [1.165, 1.54) is 11.3 Å². The van der Waals surface area contributed by atoms with E-state index in [0.717, 1.165) is 32.7 Å². The third kappa shape index (κ3) is 2.80. The predicted octanol–water partition coefficient (Wildman–Crippen LogP) is 1.86. The summed E-state index contributed by atoms with van der Waals surface area (Å²) in [7, 11) is 0. The molecule has 0 bridgehead atoms. The van der Waals surface area contributed by atoms with E-state index in [-0.39, 0.29) is 0 Å². The molecule has 1 aromatic rings. The minimum absolute atomic E-state index is 0.501. The van der Waals surface area contributed by atoms with E-state index in [0.29, 0.717) is 6.04 Å². The summed E-state index contributed by atoms with van der Waals surface area (Å²) in [5, 5.41) is 0. The quantitative estimate of drug-likeness (QED) is 0.777. The minimum atomic E-state index is 0.501. The Morgan fingerprint density at radius 2 is 2.44 bits per heavy atom. The molecule has 0 N–H and O–H groups in total. The van der Waals surface area contributed by atoms with Crippen LogP contribution < -0.4 is 0 Å². The van der Waals surface area contributed by atoms with Crippen molar-refractivity contribution in [3.63, 3.8) is 0 Å². The summed E-state index contributed by atoms with van der Waals surface area (Å²) >= 11 is 0. The molecule has 0 radical (unpaired) electrons. The van der Waals surface area contributed by atoms with Gasteiger partial charge in [-0.3, -0.25) is 9.88 Å². The van der Waals surface area contributed by atoms with Gasteiger partial charge in [0.05, 0.1) is 18.9 Å². The van der Waals surface area contributed by atoms with Gasteiger partial charge in [0.2, 0.25) is 0 Å². The summed E-state index contributed by atoms with van der Waals surface area (Å²) < 4.78 is 5.43. The third-order valence-electron chi connectivity index (χ3n) is 3.16. The Hall–Kier alpha value is -0.930. The van der Waals surface area contributed by atoms with E-state index in [9.17, 15) is 0 Å². The van der Waals surface area contributed by atoms with Gasteiger partial charge in [-0.05, 0) is 31.0 Å². The second kappa shape index (κ2) is 5.41. The second-order valence-corrected chi connectivity index (χ2v) is 4.40. The summed E-state index contributed by atoms with van der Waals surface area (Å²) in [5.41, 5.74) is 2.54. The van der Waals surface area contributed by atoms with Crippen molar-refractivity contribution in [2.24, 2.45) is 0 Å². The molecule has 2 rings (SSSR count). The zero-order chi connectivity index (χ0) is 11.4. The van der Waals surface area contributed by atoms with Crippen molar-refractivity contribution < 1.29 is 4.74 Å². The SMILES string of the molecule is CCc1ccnc(CN2CCOC[C@@H]2C)c1. The van der Waals surface area contributed by atoms with Crippen LogP contribution in [-0.4, -0.2) is 35.7 Å². The Labute approximate surface area is 97.4 Å². The average molecular weight is 220 g/mol. The van der Waals surface area contributed by atoms with Crippen LogP contribution in [0.3, 0.4) is 0 Å². The first-order chi connectivity index (χ1) is 7.79. The van der Waals surface area contributed by atoms with Crippen LogP contribution in [-0.2, 0) is 17.7 Å². The maximum atomic E-state index is 5.43. The van der Waals surface area contributed by atoms with Crippen LogP contribution in [0.5, 0.6) is 0 Å². The van der Waals surface area contributed by atoms with E-state index in [1.54, 1.807) is 0 Å². The Bertz CT molecular complexity index is 340. The highest BCUT2D eigenvalue weighted by atomic mass is 16.5. The Morgan fingerprint density at radius 3 is 3.19 bits per heavy atom. The molecule has 3 nitrogen and oxygen atoms in total. The zero-order valence-corrected chi connectivity index (χ0v) is 10.1. The number of aryl methyl sites for hydroxylation is 1. The number of nitrogens with zero attached hydrogens (tertiary/aromatic N) is 2. The second-order valence-electron chi connectivity index (χ2n) is 4.40. The molecule has 0 aliphatic carbocycles. The lowest BCUT2D eigenvalue weighted by atomic mass is 10.1. The summed E-state index contributed by atoms with van der Waals surface area (Å²) in [6, 6.07) is 4.80. The highest BCUT2D eigenvalue weighted by Crippen LogP contribution is 2.11. The van der Waals surface area contributed by atoms with Crippen LogP contribution in [0, 0.1) is 0 Å². The van der Waals surface area contributed by atoms with Crippen molar-refractivity contribution >= 4 is 0 Å². The average Bonchev–Trinajstić information content (AvgIpc) is 2.32. The largest absolute Gasteiger partial charge is 0.379 e. The lowest BCUT2D eigenvalue weighted by Crippen LogP contribution is -2.43. The van der Waals surface area contributed by atoms with Crippen molar-refractivity contribution in [3.05, 3.63) is 29.6 Å². The van der Waals surface area contributed by atoms with Crippen LogP contribution in [0.2, 0.25) is 0 Å². The van der Waals surface area contributed by atoms with E-state index in [4.69, 9.17) is 4.74 Å². The molecule has 1 aliphatic rings. The summed E-state index contributed by atoms with van der Waals surface area (Å²) in [4.78, 5) is 6.87. The Morgan fingerprint density at radius 1 is 1.56 bits per heavy atom. The maximum absolute atomic E-state index is 5.43. The lowest BCUT2D eigenvalue weighted by Gasteiger charge is -2.32. The summed E-state index contributed by atoms with van der Waals surface area (Å²) in [6.07, 6.45) is 2.99. The number of pyridine rings is 1. The van der Waals surface area contributed by atoms with Crippen molar-refractivity contribution in [3.8, 4) is 0 Å². The first-order valence-corrected chi connectivity index (χ1v) is 6.05. The molecule has 88 valence electrons. The molecule has 3 heteroatoms. The lowest BCUT2D eigenvalue weighted by molar-refractivity contribution is -0.00491. The maximum Gasteiger partial charge on any atom is 0.0619 e. The van der Waals surface area contributed by atoms with Gasteiger partial charge in [0.1, 0.15) is 0 Å². The van der Waals surface area contributed by atoms with Gasteiger partial charge >= 0.3 is 0 Å². The first kappa shape index (κ1) is 11.6. The zero-order valence-electron chi connectivity index (χ0n) is 10.1. The molecule has 1 atom stereocenters. The van der Waals surface area contributed by atoms with Crippen LogP contribution in [0.1, 0.15) is 25.1 Å².